The first-order valence-corrected chi connectivity index (χ1v) is 9.10. The van der Waals surface area contributed by atoms with Gasteiger partial charge < -0.3 is 0 Å². The van der Waals surface area contributed by atoms with Crippen molar-refractivity contribution in [2.24, 2.45) is 4.99 Å². The van der Waals surface area contributed by atoms with E-state index in [4.69, 9.17) is 0 Å². The van der Waals surface area contributed by atoms with Crippen LogP contribution in [-0.4, -0.2) is 79.9 Å². The summed E-state index contributed by atoms with van der Waals surface area (Å²) >= 11 is 0. The first-order chi connectivity index (χ1) is 12.8. The van der Waals surface area contributed by atoms with E-state index in [2.05, 4.69) is 17.0 Å². The Morgan fingerprint density at radius 2 is 2.00 bits per heavy atom. The van der Waals surface area contributed by atoms with Crippen molar-refractivity contribution in [3.8, 4) is 0 Å². The molecule has 0 bridgehead atoms. The molecular weight excluding hydrogens is 348 g/mol. The Morgan fingerprint density at radius 3 is 2.56 bits per heavy atom. The third-order valence-electron chi connectivity index (χ3n) is 4.72. The number of unbranched alkanes of at least 4 members (excludes halogenated alkanes) is 1. The second-order valence-electron chi connectivity index (χ2n) is 7.03. The van der Waals surface area contributed by atoms with Gasteiger partial charge in [0.25, 0.3) is 5.91 Å². The molecule has 9 nitrogen and oxygen atoms in total. The summed E-state index contributed by atoms with van der Waals surface area (Å²) in [6.45, 7) is 7.62. The number of imide groups is 1. The number of fused-ring (bicyclic) bond motifs is 1. The number of nitrogens with zero attached hydrogens (tertiary/aromatic N) is 6. The molecule has 1 fully saturated rings. The average Bonchev–Trinajstić information content (AvgIpc) is 3.14. The second-order valence-corrected chi connectivity index (χ2v) is 7.03. The van der Waals surface area contributed by atoms with E-state index in [9.17, 15) is 14.4 Å². The number of Topliss-reactive ketones (excluding diaryl/α,β-unsaturated/α-hetero) is 1. The van der Waals surface area contributed by atoms with Gasteiger partial charge in [0.05, 0.1) is 18.8 Å². The predicted octanol–water partition coefficient (Wildman–Crippen LogP) is 0.780. The van der Waals surface area contributed by atoms with Crippen LogP contribution in [0.15, 0.2) is 11.1 Å². The molecule has 1 atom stereocenters. The summed E-state index contributed by atoms with van der Waals surface area (Å²) in [5.41, 5.74) is 1.74. The summed E-state index contributed by atoms with van der Waals surface area (Å²) in [4.78, 5) is 44.2. The Hall–Kier alpha value is -2.84. The lowest BCUT2D eigenvalue weighted by molar-refractivity contribution is -0.538. The minimum Gasteiger partial charge on any atom is -0.298 e. The number of hydrogen-bond donors (Lipinski definition) is 0. The minimum absolute atomic E-state index is 0.233. The lowest BCUT2D eigenvalue weighted by Crippen LogP contribution is -2.63. The molecule has 0 spiro atoms. The molecule has 1 aromatic rings. The molecule has 1 aromatic heterocycles. The fourth-order valence-corrected chi connectivity index (χ4v) is 3.43. The van der Waals surface area contributed by atoms with Crippen LogP contribution in [0, 0.1) is 13.8 Å². The van der Waals surface area contributed by atoms with Crippen LogP contribution in [0.2, 0.25) is 0 Å². The smallest absolute Gasteiger partial charge is 0.298 e. The monoisotopic (exact) mass is 373 g/mol. The summed E-state index contributed by atoms with van der Waals surface area (Å²) < 4.78 is 3.59. The second kappa shape index (κ2) is 7.05. The van der Waals surface area contributed by atoms with Crippen molar-refractivity contribution in [3.63, 3.8) is 0 Å². The average molecular weight is 373 g/mol. The molecule has 3 amide bonds. The molecule has 0 aromatic carbocycles. The first kappa shape index (κ1) is 18.9. The fraction of sp³-hybridized carbons (Fsp3) is 0.556. The number of likely N-dealkylation sites (N-methyl/N-ethyl adjacent to an activating group) is 1. The predicted molar refractivity (Wildman–Crippen MR) is 98.9 cm³/mol. The lowest BCUT2D eigenvalue weighted by atomic mass is 10.1. The number of carbonyl (C=O) groups is 3. The van der Waals surface area contributed by atoms with Gasteiger partial charge in [0, 0.05) is 7.05 Å². The number of aryl methyl sites for hydroxylation is 2. The summed E-state index contributed by atoms with van der Waals surface area (Å²) in [6, 6.07) is 0.680. The first-order valence-electron chi connectivity index (χ1n) is 9.10. The van der Waals surface area contributed by atoms with Gasteiger partial charge in [-0.25, -0.2) is 9.37 Å². The highest BCUT2D eigenvalue weighted by atomic mass is 16.2. The SMILES string of the molecule is CCCC[N+]1=C(n2nc(C)cc2C)N=C2C1C(=O)N(CC(C)=O)C(=O)N2C. The van der Waals surface area contributed by atoms with Gasteiger partial charge in [0.15, 0.2) is 0 Å². The number of aromatic nitrogens is 2. The summed E-state index contributed by atoms with van der Waals surface area (Å²) in [6.07, 6.45) is 1.81. The summed E-state index contributed by atoms with van der Waals surface area (Å²) in [5.74, 6) is 0.251. The number of hydrogen-bond acceptors (Lipinski definition) is 5. The molecular formula is C18H25N6O3+. The van der Waals surface area contributed by atoms with Gasteiger partial charge in [-0.2, -0.15) is 0 Å². The third-order valence-corrected chi connectivity index (χ3v) is 4.72. The molecule has 0 N–H and O–H groups in total. The zero-order chi connectivity index (χ0) is 19.9. The van der Waals surface area contributed by atoms with Crippen LogP contribution in [-0.2, 0) is 9.59 Å². The molecule has 9 heteroatoms. The van der Waals surface area contributed by atoms with E-state index in [1.807, 2.05) is 24.5 Å². The zero-order valence-corrected chi connectivity index (χ0v) is 16.4. The van der Waals surface area contributed by atoms with Crippen molar-refractivity contribution in [2.75, 3.05) is 20.1 Å². The van der Waals surface area contributed by atoms with E-state index >= 15 is 0 Å². The van der Waals surface area contributed by atoms with E-state index in [0.717, 1.165) is 29.1 Å². The number of urea groups is 1. The van der Waals surface area contributed by atoms with Crippen molar-refractivity contribution in [2.45, 2.75) is 46.6 Å². The van der Waals surface area contributed by atoms with Gasteiger partial charge >= 0.3 is 12.0 Å². The Kier molecular flexibility index (Phi) is 4.95. The van der Waals surface area contributed by atoms with Gasteiger partial charge in [-0.1, -0.05) is 18.3 Å². The highest BCUT2D eigenvalue weighted by Gasteiger charge is 2.53. The highest BCUT2D eigenvalue weighted by molar-refractivity contribution is 6.23. The van der Waals surface area contributed by atoms with Crippen molar-refractivity contribution in [3.05, 3.63) is 17.5 Å². The lowest BCUT2D eigenvalue weighted by Gasteiger charge is -2.33. The largest absolute Gasteiger partial charge is 0.421 e. The fourth-order valence-electron chi connectivity index (χ4n) is 3.43. The molecule has 1 unspecified atom stereocenters. The molecule has 2 aliphatic heterocycles. The number of rotatable bonds is 5. The Morgan fingerprint density at radius 1 is 1.30 bits per heavy atom. The number of amidine groups is 1. The standard InChI is InChI=1S/C18H25N6O3/c1-6-7-8-22-14-15(19-17(22)24-12(3)9-11(2)20-24)21(5)18(27)23(16(14)26)10-13(4)25/h9,14H,6-8,10H2,1-5H3/q+1. The quantitative estimate of drug-likeness (QED) is 0.713. The highest BCUT2D eigenvalue weighted by Crippen LogP contribution is 2.21. The van der Waals surface area contributed by atoms with Crippen molar-refractivity contribution < 1.29 is 19.0 Å². The van der Waals surface area contributed by atoms with E-state index in [1.54, 1.807) is 11.7 Å². The molecule has 3 heterocycles. The van der Waals surface area contributed by atoms with Gasteiger partial charge in [-0.05, 0) is 33.3 Å². The van der Waals surface area contributed by atoms with Crippen LogP contribution in [0.1, 0.15) is 38.1 Å². The van der Waals surface area contributed by atoms with Gasteiger partial charge in [-0.3, -0.25) is 19.4 Å². The summed E-state index contributed by atoms with van der Waals surface area (Å²) in [7, 11) is 1.58. The molecule has 3 rings (SSSR count). The molecule has 1 saturated heterocycles. The Bertz CT molecular complexity index is 882. The maximum absolute atomic E-state index is 13.1. The number of carbonyl (C=O) groups excluding carboxylic acids is 3. The van der Waals surface area contributed by atoms with E-state index < -0.39 is 18.0 Å². The molecule has 2 aliphatic rings. The van der Waals surface area contributed by atoms with Gasteiger partial charge in [0.1, 0.15) is 11.5 Å². The minimum atomic E-state index is -0.725. The molecule has 0 saturated carbocycles. The maximum atomic E-state index is 13.1. The molecule has 0 aliphatic carbocycles. The van der Waals surface area contributed by atoms with E-state index in [-0.39, 0.29) is 12.3 Å². The van der Waals surface area contributed by atoms with Crippen molar-refractivity contribution in [1.29, 1.82) is 0 Å². The van der Waals surface area contributed by atoms with Crippen LogP contribution < -0.4 is 0 Å². The number of aliphatic imine (C=N–C) groups is 1. The van der Waals surface area contributed by atoms with Crippen LogP contribution in [0.5, 0.6) is 0 Å². The topological polar surface area (TPSA) is 90.9 Å². The van der Waals surface area contributed by atoms with Crippen LogP contribution in [0.25, 0.3) is 0 Å². The van der Waals surface area contributed by atoms with Crippen LogP contribution in [0.4, 0.5) is 4.79 Å². The van der Waals surface area contributed by atoms with Crippen LogP contribution in [0.3, 0.4) is 0 Å². The van der Waals surface area contributed by atoms with Gasteiger partial charge in [-0.15, -0.1) is 9.78 Å². The Labute approximate surface area is 158 Å². The molecule has 0 radical (unpaired) electrons. The zero-order valence-electron chi connectivity index (χ0n) is 16.4. The normalized spacial score (nSPS) is 19.7. The van der Waals surface area contributed by atoms with E-state index in [1.165, 1.54) is 11.8 Å². The molecule has 27 heavy (non-hydrogen) atoms. The van der Waals surface area contributed by atoms with Gasteiger partial charge in [0.2, 0.25) is 11.9 Å². The number of ketones is 1. The Balaban J connectivity index is 2.11. The van der Waals surface area contributed by atoms with E-state index in [0.29, 0.717) is 18.3 Å². The summed E-state index contributed by atoms with van der Waals surface area (Å²) in [5, 5.41) is 4.49. The van der Waals surface area contributed by atoms with Crippen molar-refractivity contribution >= 4 is 29.5 Å². The van der Waals surface area contributed by atoms with Crippen molar-refractivity contribution in [1.82, 2.24) is 19.6 Å². The third kappa shape index (κ3) is 3.17. The number of amides is 3. The van der Waals surface area contributed by atoms with Crippen LogP contribution >= 0.6 is 0 Å². The molecule has 144 valence electrons. The maximum Gasteiger partial charge on any atom is 0.421 e.